The quantitative estimate of drug-likeness (QED) is 0.796. The van der Waals surface area contributed by atoms with Gasteiger partial charge in [0, 0.05) is 5.56 Å². The number of hydrogen-bond donors (Lipinski definition) is 1. The molecule has 0 atom stereocenters. The molecule has 0 spiro atoms. The van der Waals surface area contributed by atoms with Gasteiger partial charge in [-0.05, 0) is 36.6 Å². The zero-order valence-corrected chi connectivity index (χ0v) is 12.5. The van der Waals surface area contributed by atoms with E-state index in [-0.39, 0.29) is 0 Å². The van der Waals surface area contributed by atoms with Crippen molar-refractivity contribution < 1.29 is 4.84 Å². The third-order valence-corrected chi connectivity index (χ3v) is 3.40. The Balaban J connectivity index is 2.31. The standard InChI is InChI=1S/C17H18ClNO/c1-4-20-19-13(3)16-10-9-14(11-17(16)18)15-8-6-5-7-12(15)2/h5-11,19H,3-4H2,1-2H3. The highest BCUT2D eigenvalue weighted by molar-refractivity contribution is 6.32. The average Bonchev–Trinajstić information content (AvgIpc) is 2.45. The number of benzene rings is 2. The number of hydroxylamine groups is 1. The van der Waals surface area contributed by atoms with Gasteiger partial charge < -0.3 is 0 Å². The molecule has 104 valence electrons. The Morgan fingerprint density at radius 2 is 2.00 bits per heavy atom. The first-order valence-corrected chi connectivity index (χ1v) is 6.94. The lowest BCUT2D eigenvalue weighted by atomic mass is 9.99. The first kappa shape index (κ1) is 14.6. The molecule has 0 radical (unpaired) electrons. The van der Waals surface area contributed by atoms with Crippen LogP contribution in [0.5, 0.6) is 0 Å². The van der Waals surface area contributed by atoms with Gasteiger partial charge >= 0.3 is 0 Å². The van der Waals surface area contributed by atoms with Crippen LogP contribution in [0.2, 0.25) is 5.02 Å². The van der Waals surface area contributed by atoms with Gasteiger partial charge in [-0.2, -0.15) is 0 Å². The number of nitrogens with one attached hydrogen (secondary N) is 1. The summed E-state index contributed by atoms with van der Waals surface area (Å²) in [4.78, 5) is 5.13. The predicted molar refractivity (Wildman–Crippen MR) is 85.4 cm³/mol. The van der Waals surface area contributed by atoms with Crippen molar-refractivity contribution in [2.75, 3.05) is 6.61 Å². The third kappa shape index (κ3) is 3.21. The third-order valence-electron chi connectivity index (χ3n) is 3.09. The number of rotatable bonds is 5. The molecule has 0 fully saturated rings. The van der Waals surface area contributed by atoms with Gasteiger partial charge in [0.05, 0.1) is 17.3 Å². The maximum atomic E-state index is 6.35. The highest BCUT2D eigenvalue weighted by atomic mass is 35.5. The molecule has 0 heterocycles. The monoisotopic (exact) mass is 287 g/mol. The van der Waals surface area contributed by atoms with Crippen LogP contribution in [-0.2, 0) is 4.84 Å². The molecule has 0 unspecified atom stereocenters. The highest BCUT2D eigenvalue weighted by Crippen LogP contribution is 2.29. The fourth-order valence-electron chi connectivity index (χ4n) is 2.04. The molecule has 1 N–H and O–H groups in total. The summed E-state index contributed by atoms with van der Waals surface area (Å²) in [6.45, 7) is 8.49. The summed E-state index contributed by atoms with van der Waals surface area (Å²) in [7, 11) is 0. The van der Waals surface area contributed by atoms with E-state index in [2.05, 4.69) is 31.1 Å². The molecule has 0 saturated heterocycles. The van der Waals surface area contributed by atoms with E-state index in [4.69, 9.17) is 16.4 Å². The molecular weight excluding hydrogens is 270 g/mol. The first-order chi connectivity index (χ1) is 9.63. The van der Waals surface area contributed by atoms with Crippen LogP contribution in [0.15, 0.2) is 49.0 Å². The van der Waals surface area contributed by atoms with Crippen LogP contribution in [0.25, 0.3) is 16.8 Å². The topological polar surface area (TPSA) is 21.3 Å². The molecular formula is C17H18ClNO. The van der Waals surface area contributed by atoms with E-state index < -0.39 is 0 Å². The molecule has 2 nitrogen and oxygen atoms in total. The number of halogens is 1. The summed E-state index contributed by atoms with van der Waals surface area (Å²) in [6, 6.07) is 14.2. The Kier molecular flexibility index (Phi) is 4.83. The van der Waals surface area contributed by atoms with Crippen LogP contribution in [0.1, 0.15) is 18.1 Å². The van der Waals surface area contributed by atoms with Crippen molar-refractivity contribution in [1.82, 2.24) is 5.48 Å². The summed E-state index contributed by atoms with van der Waals surface area (Å²) in [6.07, 6.45) is 0. The van der Waals surface area contributed by atoms with E-state index in [1.165, 1.54) is 11.1 Å². The van der Waals surface area contributed by atoms with Crippen LogP contribution in [0, 0.1) is 6.92 Å². The smallest absolute Gasteiger partial charge is 0.0717 e. The molecule has 0 amide bonds. The van der Waals surface area contributed by atoms with Crippen LogP contribution < -0.4 is 5.48 Å². The van der Waals surface area contributed by atoms with Gasteiger partial charge in [0.2, 0.25) is 0 Å². The molecule has 0 aliphatic heterocycles. The molecule has 2 rings (SSSR count). The van der Waals surface area contributed by atoms with Gasteiger partial charge in [0.25, 0.3) is 0 Å². The van der Waals surface area contributed by atoms with Gasteiger partial charge in [-0.3, -0.25) is 10.3 Å². The van der Waals surface area contributed by atoms with Crippen molar-refractivity contribution >= 4 is 17.3 Å². The van der Waals surface area contributed by atoms with E-state index in [1.54, 1.807) is 0 Å². The summed E-state index contributed by atoms with van der Waals surface area (Å²) in [5.41, 5.74) is 7.79. The van der Waals surface area contributed by atoms with Gasteiger partial charge in [-0.15, -0.1) is 0 Å². The van der Waals surface area contributed by atoms with Crippen LogP contribution >= 0.6 is 11.6 Å². The van der Waals surface area contributed by atoms with E-state index in [0.717, 1.165) is 11.1 Å². The van der Waals surface area contributed by atoms with Crippen molar-refractivity contribution in [2.45, 2.75) is 13.8 Å². The molecule has 0 aliphatic carbocycles. The lowest BCUT2D eigenvalue weighted by Gasteiger charge is -2.12. The Morgan fingerprint density at radius 1 is 1.25 bits per heavy atom. The lowest BCUT2D eigenvalue weighted by molar-refractivity contribution is 0.0901. The van der Waals surface area contributed by atoms with Gasteiger partial charge in [0.1, 0.15) is 0 Å². The van der Waals surface area contributed by atoms with Gasteiger partial charge in [-0.1, -0.05) is 54.6 Å². The molecule has 2 aromatic carbocycles. The van der Waals surface area contributed by atoms with Crippen molar-refractivity contribution in [2.24, 2.45) is 0 Å². The maximum Gasteiger partial charge on any atom is 0.0717 e. The van der Waals surface area contributed by atoms with Crippen molar-refractivity contribution in [1.29, 1.82) is 0 Å². The molecule has 0 aromatic heterocycles. The molecule has 3 heteroatoms. The van der Waals surface area contributed by atoms with E-state index in [9.17, 15) is 0 Å². The largest absolute Gasteiger partial charge is 0.276 e. The van der Waals surface area contributed by atoms with Crippen molar-refractivity contribution in [3.63, 3.8) is 0 Å². The fourth-order valence-corrected chi connectivity index (χ4v) is 2.33. The summed E-state index contributed by atoms with van der Waals surface area (Å²) >= 11 is 6.35. The minimum Gasteiger partial charge on any atom is -0.276 e. The van der Waals surface area contributed by atoms with E-state index in [1.807, 2.05) is 37.3 Å². The zero-order chi connectivity index (χ0) is 14.5. The first-order valence-electron chi connectivity index (χ1n) is 6.56. The van der Waals surface area contributed by atoms with E-state index in [0.29, 0.717) is 17.3 Å². The van der Waals surface area contributed by atoms with Crippen LogP contribution in [-0.4, -0.2) is 6.61 Å². The maximum absolute atomic E-state index is 6.35. The Morgan fingerprint density at radius 3 is 2.65 bits per heavy atom. The van der Waals surface area contributed by atoms with Crippen LogP contribution in [0.4, 0.5) is 0 Å². The minimum absolute atomic E-state index is 0.567. The number of hydrogen-bond acceptors (Lipinski definition) is 2. The van der Waals surface area contributed by atoms with E-state index >= 15 is 0 Å². The summed E-state index contributed by atoms with van der Waals surface area (Å²) < 4.78 is 0. The Labute approximate surface area is 125 Å². The van der Waals surface area contributed by atoms with Gasteiger partial charge in [-0.25, -0.2) is 0 Å². The average molecular weight is 288 g/mol. The van der Waals surface area contributed by atoms with Gasteiger partial charge in [0.15, 0.2) is 0 Å². The lowest BCUT2D eigenvalue weighted by Crippen LogP contribution is -2.12. The summed E-state index contributed by atoms with van der Waals surface area (Å²) in [5.74, 6) is 0. The molecule has 0 saturated carbocycles. The minimum atomic E-state index is 0.567. The Hall–Kier alpha value is -1.77. The second-order valence-electron chi connectivity index (χ2n) is 4.52. The predicted octanol–water partition coefficient (Wildman–Crippen LogP) is 4.83. The Bertz CT molecular complexity index is 622. The highest BCUT2D eigenvalue weighted by Gasteiger charge is 2.08. The second kappa shape index (κ2) is 6.60. The zero-order valence-electron chi connectivity index (χ0n) is 11.7. The second-order valence-corrected chi connectivity index (χ2v) is 4.93. The fraction of sp³-hybridized carbons (Fsp3) is 0.176. The van der Waals surface area contributed by atoms with Crippen molar-refractivity contribution in [3.05, 3.63) is 65.2 Å². The molecule has 2 aromatic rings. The summed E-state index contributed by atoms with van der Waals surface area (Å²) in [5, 5.41) is 0.656. The molecule has 0 bridgehead atoms. The number of aryl methyl sites for hydroxylation is 1. The SMILES string of the molecule is C=C(NOCC)c1ccc(-c2ccccc2C)cc1Cl. The molecule has 20 heavy (non-hydrogen) atoms. The molecule has 0 aliphatic rings. The normalized spacial score (nSPS) is 10.3. The van der Waals surface area contributed by atoms with Crippen molar-refractivity contribution in [3.8, 4) is 11.1 Å². The van der Waals surface area contributed by atoms with Crippen LogP contribution in [0.3, 0.4) is 0 Å².